The Morgan fingerprint density at radius 2 is 1.95 bits per heavy atom. The van der Waals surface area contributed by atoms with Crippen molar-refractivity contribution >= 4 is 16.0 Å². The summed E-state index contributed by atoms with van der Waals surface area (Å²) < 4.78 is 26.4. The summed E-state index contributed by atoms with van der Waals surface area (Å²) in [7, 11) is -3.49. The highest BCUT2D eigenvalue weighted by molar-refractivity contribution is 7.89. The molecule has 0 amide bonds. The first-order valence-corrected chi connectivity index (χ1v) is 8.30. The molecule has 1 aliphatic rings. The molecule has 0 saturated carbocycles. The molecule has 1 aromatic rings. The molecule has 0 aromatic carbocycles. The van der Waals surface area contributed by atoms with E-state index in [1.807, 2.05) is 0 Å². The number of aromatic nitrogens is 2. The summed E-state index contributed by atoms with van der Waals surface area (Å²) in [6, 6.07) is 0. The fourth-order valence-corrected chi connectivity index (χ4v) is 3.88. The van der Waals surface area contributed by atoms with Crippen molar-refractivity contribution in [2.24, 2.45) is 11.8 Å². The second-order valence-corrected chi connectivity index (χ2v) is 6.96. The van der Waals surface area contributed by atoms with E-state index in [4.69, 9.17) is 5.84 Å². The predicted molar refractivity (Wildman–Crippen MR) is 76.2 cm³/mol. The highest BCUT2D eigenvalue weighted by Gasteiger charge is 2.29. The van der Waals surface area contributed by atoms with Crippen LogP contribution in [-0.4, -0.2) is 35.8 Å². The van der Waals surface area contributed by atoms with Crippen molar-refractivity contribution in [1.82, 2.24) is 14.3 Å². The van der Waals surface area contributed by atoms with Gasteiger partial charge in [-0.1, -0.05) is 19.8 Å². The predicted octanol–water partition coefficient (Wildman–Crippen LogP) is 0.963. The van der Waals surface area contributed by atoms with Gasteiger partial charge in [0, 0.05) is 13.1 Å². The third-order valence-corrected chi connectivity index (χ3v) is 5.52. The molecular weight excluding hydrogens is 278 g/mol. The summed E-state index contributed by atoms with van der Waals surface area (Å²) in [5, 5.41) is 0. The Morgan fingerprint density at radius 3 is 2.45 bits per heavy atom. The van der Waals surface area contributed by atoms with Crippen LogP contribution in [0.4, 0.5) is 5.95 Å². The number of anilines is 1. The van der Waals surface area contributed by atoms with Crippen molar-refractivity contribution in [3.8, 4) is 0 Å². The van der Waals surface area contributed by atoms with Gasteiger partial charge >= 0.3 is 0 Å². The molecule has 3 N–H and O–H groups in total. The molecule has 2 heterocycles. The molecule has 0 bridgehead atoms. The zero-order chi connectivity index (χ0) is 14.6. The standard InChI is InChI=1S/C12H21N5O2S/c1-2-3-10-4-6-17(7-5-10)20(18,19)11-8-14-12(16-13)15-9-11/h8-10H,2-7,13H2,1H3,(H,14,15,16). The van der Waals surface area contributed by atoms with E-state index in [0.29, 0.717) is 19.0 Å². The first-order chi connectivity index (χ1) is 9.57. The lowest BCUT2D eigenvalue weighted by Crippen LogP contribution is -2.38. The second-order valence-electron chi connectivity index (χ2n) is 5.02. The van der Waals surface area contributed by atoms with Crippen LogP contribution >= 0.6 is 0 Å². The summed E-state index contributed by atoms with van der Waals surface area (Å²) in [5.74, 6) is 6.01. The molecule has 1 fully saturated rings. The minimum absolute atomic E-state index is 0.116. The van der Waals surface area contributed by atoms with Crippen LogP contribution in [0.3, 0.4) is 0 Å². The van der Waals surface area contributed by atoms with Crippen LogP contribution in [-0.2, 0) is 10.0 Å². The third-order valence-electron chi connectivity index (χ3n) is 3.67. The van der Waals surface area contributed by atoms with E-state index in [-0.39, 0.29) is 10.8 Å². The van der Waals surface area contributed by atoms with Crippen LogP contribution in [0.5, 0.6) is 0 Å². The van der Waals surface area contributed by atoms with Gasteiger partial charge < -0.3 is 0 Å². The average molecular weight is 299 g/mol. The number of nitrogens with one attached hydrogen (secondary N) is 1. The Labute approximate surface area is 119 Å². The van der Waals surface area contributed by atoms with E-state index in [9.17, 15) is 8.42 Å². The average Bonchev–Trinajstić information content (AvgIpc) is 2.48. The minimum Gasteiger partial charge on any atom is -0.292 e. The topological polar surface area (TPSA) is 101 Å². The highest BCUT2D eigenvalue weighted by atomic mass is 32.2. The molecular formula is C12H21N5O2S. The lowest BCUT2D eigenvalue weighted by Gasteiger charge is -2.30. The van der Waals surface area contributed by atoms with Gasteiger partial charge in [0.1, 0.15) is 4.90 Å². The SMILES string of the molecule is CCCC1CCN(S(=O)(=O)c2cnc(NN)nc2)CC1. The maximum Gasteiger partial charge on any atom is 0.246 e. The van der Waals surface area contributed by atoms with Crippen molar-refractivity contribution in [3.05, 3.63) is 12.4 Å². The molecule has 7 nitrogen and oxygen atoms in total. The van der Waals surface area contributed by atoms with Gasteiger partial charge in [0.25, 0.3) is 0 Å². The fraction of sp³-hybridized carbons (Fsp3) is 0.667. The van der Waals surface area contributed by atoms with E-state index in [1.165, 1.54) is 23.1 Å². The largest absolute Gasteiger partial charge is 0.292 e. The maximum atomic E-state index is 12.4. The summed E-state index contributed by atoms with van der Waals surface area (Å²) in [4.78, 5) is 7.82. The van der Waals surface area contributed by atoms with Crippen LogP contribution in [0, 0.1) is 5.92 Å². The summed E-state index contributed by atoms with van der Waals surface area (Å²) in [5.41, 5.74) is 2.27. The van der Waals surface area contributed by atoms with Gasteiger partial charge in [-0.05, 0) is 18.8 Å². The van der Waals surface area contributed by atoms with Crippen LogP contribution in [0.15, 0.2) is 17.3 Å². The molecule has 112 valence electrons. The zero-order valence-corrected chi connectivity index (χ0v) is 12.4. The smallest absolute Gasteiger partial charge is 0.246 e. The van der Waals surface area contributed by atoms with Crippen molar-refractivity contribution in [3.63, 3.8) is 0 Å². The van der Waals surface area contributed by atoms with Gasteiger partial charge in [-0.25, -0.2) is 24.2 Å². The molecule has 2 rings (SSSR count). The van der Waals surface area contributed by atoms with Gasteiger partial charge in [0.05, 0.1) is 12.4 Å². The molecule has 1 saturated heterocycles. The van der Waals surface area contributed by atoms with E-state index in [2.05, 4.69) is 22.3 Å². The molecule has 0 spiro atoms. The maximum absolute atomic E-state index is 12.4. The van der Waals surface area contributed by atoms with Gasteiger partial charge in [0.15, 0.2) is 0 Å². The second kappa shape index (κ2) is 6.47. The summed E-state index contributed by atoms with van der Waals surface area (Å²) in [6.07, 6.45) is 6.75. The van der Waals surface area contributed by atoms with E-state index < -0.39 is 10.0 Å². The van der Waals surface area contributed by atoms with Gasteiger partial charge in [-0.15, -0.1) is 0 Å². The lowest BCUT2D eigenvalue weighted by molar-refractivity contribution is 0.262. The van der Waals surface area contributed by atoms with Gasteiger partial charge in [0.2, 0.25) is 16.0 Å². The number of hydrazine groups is 1. The summed E-state index contributed by atoms with van der Waals surface area (Å²) in [6.45, 7) is 3.31. The van der Waals surface area contributed by atoms with Crippen LogP contribution in [0.2, 0.25) is 0 Å². The lowest BCUT2D eigenvalue weighted by atomic mass is 9.94. The zero-order valence-electron chi connectivity index (χ0n) is 11.6. The Morgan fingerprint density at radius 1 is 1.35 bits per heavy atom. The van der Waals surface area contributed by atoms with Gasteiger partial charge in [-0.2, -0.15) is 4.31 Å². The number of nitrogens with two attached hydrogens (primary N) is 1. The third kappa shape index (κ3) is 3.25. The number of piperidine rings is 1. The molecule has 0 atom stereocenters. The van der Waals surface area contributed by atoms with E-state index in [0.717, 1.165) is 19.3 Å². The Bertz CT molecular complexity index is 523. The number of hydrogen-bond donors (Lipinski definition) is 2. The Hall–Kier alpha value is -1.25. The molecule has 0 unspecified atom stereocenters. The van der Waals surface area contributed by atoms with Crippen molar-refractivity contribution in [2.45, 2.75) is 37.5 Å². The highest BCUT2D eigenvalue weighted by Crippen LogP contribution is 2.25. The van der Waals surface area contributed by atoms with Crippen LogP contribution in [0.25, 0.3) is 0 Å². The molecule has 1 aliphatic heterocycles. The molecule has 1 aromatic heterocycles. The number of rotatable bonds is 5. The number of nitrogens with zero attached hydrogens (tertiary/aromatic N) is 3. The van der Waals surface area contributed by atoms with Crippen LogP contribution in [0.1, 0.15) is 32.6 Å². The minimum atomic E-state index is -3.49. The number of hydrogen-bond acceptors (Lipinski definition) is 6. The Kier molecular flexibility index (Phi) is 4.90. The number of nitrogen functional groups attached to an aromatic ring is 1. The molecule has 20 heavy (non-hydrogen) atoms. The van der Waals surface area contributed by atoms with Crippen molar-refractivity contribution in [2.75, 3.05) is 18.5 Å². The first kappa shape index (κ1) is 15.1. The van der Waals surface area contributed by atoms with Crippen molar-refractivity contribution in [1.29, 1.82) is 0 Å². The quantitative estimate of drug-likeness (QED) is 0.620. The fourth-order valence-electron chi connectivity index (χ4n) is 2.52. The van der Waals surface area contributed by atoms with Crippen LogP contribution < -0.4 is 11.3 Å². The van der Waals surface area contributed by atoms with Gasteiger partial charge in [-0.3, -0.25) is 5.43 Å². The summed E-state index contributed by atoms with van der Waals surface area (Å²) >= 11 is 0. The van der Waals surface area contributed by atoms with Crippen molar-refractivity contribution < 1.29 is 8.42 Å². The molecule has 0 radical (unpaired) electrons. The van der Waals surface area contributed by atoms with E-state index >= 15 is 0 Å². The normalized spacial score (nSPS) is 18.1. The monoisotopic (exact) mass is 299 g/mol. The molecule has 8 heteroatoms. The Balaban J connectivity index is 2.07. The van der Waals surface area contributed by atoms with E-state index in [1.54, 1.807) is 0 Å². The number of sulfonamides is 1. The molecule has 0 aliphatic carbocycles. The first-order valence-electron chi connectivity index (χ1n) is 6.86.